The minimum absolute atomic E-state index is 0.107. The van der Waals surface area contributed by atoms with Gasteiger partial charge < -0.3 is 10.4 Å². The SMILES string of the molecule is Cc1ccc(C(=O)N(O)CC2=C(C(=O)O)N3C(=O)[C@@H](NC(=O)Cc4ccccc4)C3SC2)cc1. The number of hydrogen-bond donors (Lipinski definition) is 3. The van der Waals surface area contributed by atoms with Crippen LogP contribution in [0, 0.1) is 6.92 Å². The number of β-lactam (4-membered cyclic amide) rings is 1. The number of aliphatic carboxylic acids is 1. The second-order valence-corrected chi connectivity index (χ2v) is 9.21. The number of carbonyl (C=O) groups is 4. The fourth-order valence-electron chi connectivity index (χ4n) is 3.91. The van der Waals surface area contributed by atoms with Crippen molar-refractivity contribution in [3.63, 3.8) is 0 Å². The number of hydroxylamine groups is 2. The average Bonchev–Trinajstić information content (AvgIpc) is 2.82. The smallest absolute Gasteiger partial charge is 0.352 e. The van der Waals surface area contributed by atoms with Crippen molar-refractivity contribution in [2.45, 2.75) is 24.8 Å². The molecule has 1 fully saturated rings. The highest BCUT2D eigenvalue weighted by molar-refractivity contribution is 8.00. The first-order valence-electron chi connectivity index (χ1n) is 10.6. The van der Waals surface area contributed by atoms with E-state index in [1.54, 1.807) is 36.4 Å². The van der Waals surface area contributed by atoms with Crippen molar-refractivity contribution in [3.05, 3.63) is 82.6 Å². The molecule has 2 aliphatic heterocycles. The van der Waals surface area contributed by atoms with Gasteiger partial charge in [-0.05, 0) is 30.2 Å². The molecule has 2 atom stereocenters. The molecule has 1 saturated heterocycles. The topological polar surface area (TPSA) is 127 Å². The Hall–Kier alpha value is -3.63. The van der Waals surface area contributed by atoms with E-state index in [0.717, 1.165) is 16.0 Å². The van der Waals surface area contributed by atoms with Gasteiger partial charge in [0.25, 0.3) is 11.8 Å². The van der Waals surface area contributed by atoms with Crippen molar-refractivity contribution < 1.29 is 29.5 Å². The molecule has 176 valence electrons. The maximum atomic E-state index is 12.8. The molecule has 2 heterocycles. The molecule has 4 rings (SSSR count). The molecule has 10 heteroatoms. The van der Waals surface area contributed by atoms with E-state index in [1.165, 1.54) is 11.8 Å². The van der Waals surface area contributed by atoms with Crippen LogP contribution in [0.3, 0.4) is 0 Å². The van der Waals surface area contributed by atoms with Crippen molar-refractivity contribution in [3.8, 4) is 0 Å². The monoisotopic (exact) mass is 481 g/mol. The summed E-state index contributed by atoms with van der Waals surface area (Å²) in [7, 11) is 0. The van der Waals surface area contributed by atoms with E-state index in [9.17, 15) is 29.5 Å². The molecule has 0 aromatic heterocycles. The van der Waals surface area contributed by atoms with E-state index >= 15 is 0 Å². The molecule has 0 radical (unpaired) electrons. The molecule has 0 spiro atoms. The Kier molecular flexibility index (Phi) is 6.71. The maximum absolute atomic E-state index is 12.8. The molecule has 3 amide bonds. The van der Waals surface area contributed by atoms with Crippen LogP contribution in [0.15, 0.2) is 65.9 Å². The first-order valence-corrected chi connectivity index (χ1v) is 11.6. The predicted octanol–water partition coefficient (Wildman–Crippen LogP) is 1.81. The Morgan fingerprint density at radius 2 is 1.79 bits per heavy atom. The molecule has 2 aromatic carbocycles. The second-order valence-electron chi connectivity index (χ2n) is 8.10. The highest BCUT2D eigenvalue weighted by Gasteiger charge is 2.54. The fraction of sp³-hybridized carbons (Fsp3) is 0.250. The minimum atomic E-state index is -1.33. The number of carbonyl (C=O) groups excluding carboxylic acids is 3. The minimum Gasteiger partial charge on any atom is -0.477 e. The summed E-state index contributed by atoms with van der Waals surface area (Å²) in [4.78, 5) is 50.8. The largest absolute Gasteiger partial charge is 0.477 e. The second kappa shape index (κ2) is 9.70. The van der Waals surface area contributed by atoms with Gasteiger partial charge in [0, 0.05) is 11.3 Å². The maximum Gasteiger partial charge on any atom is 0.352 e. The predicted molar refractivity (Wildman–Crippen MR) is 124 cm³/mol. The molecule has 9 nitrogen and oxygen atoms in total. The van der Waals surface area contributed by atoms with E-state index in [0.29, 0.717) is 5.06 Å². The molecule has 3 N–H and O–H groups in total. The molecular weight excluding hydrogens is 458 g/mol. The fourth-order valence-corrected chi connectivity index (χ4v) is 5.24. The third-order valence-electron chi connectivity index (χ3n) is 5.65. The van der Waals surface area contributed by atoms with Crippen molar-refractivity contribution in [2.75, 3.05) is 12.3 Å². The zero-order valence-electron chi connectivity index (χ0n) is 18.3. The summed E-state index contributed by atoms with van der Waals surface area (Å²) in [6, 6.07) is 14.8. The van der Waals surface area contributed by atoms with Crippen LogP contribution in [0.4, 0.5) is 0 Å². The molecule has 2 aromatic rings. The van der Waals surface area contributed by atoms with Gasteiger partial charge in [-0.3, -0.25) is 24.5 Å². The number of carboxylic acid groups (broad SMARTS) is 1. The molecule has 0 aliphatic carbocycles. The zero-order chi connectivity index (χ0) is 24.4. The molecule has 2 aliphatic rings. The lowest BCUT2D eigenvalue weighted by atomic mass is 10.0. The summed E-state index contributed by atoms with van der Waals surface area (Å²) in [6.45, 7) is 1.51. The lowest BCUT2D eigenvalue weighted by Crippen LogP contribution is -2.70. The molecular formula is C24H23N3O6S. The van der Waals surface area contributed by atoms with E-state index in [1.807, 2.05) is 25.1 Å². The summed E-state index contributed by atoms with van der Waals surface area (Å²) in [5.74, 6) is -2.70. The Morgan fingerprint density at radius 1 is 1.12 bits per heavy atom. The highest BCUT2D eigenvalue weighted by Crippen LogP contribution is 2.40. The number of fused-ring (bicyclic) bond motifs is 1. The van der Waals surface area contributed by atoms with Crippen LogP contribution in [-0.2, 0) is 20.8 Å². The van der Waals surface area contributed by atoms with Gasteiger partial charge in [-0.1, -0.05) is 48.0 Å². The number of amides is 3. The summed E-state index contributed by atoms with van der Waals surface area (Å²) in [5, 5.41) is 22.7. The third kappa shape index (κ3) is 4.68. The summed E-state index contributed by atoms with van der Waals surface area (Å²) >= 11 is 1.27. The number of aryl methyl sites for hydroxylation is 1. The van der Waals surface area contributed by atoms with Gasteiger partial charge in [0.05, 0.1) is 13.0 Å². The van der Waals surface area contributed by atoms with E-state index in [-0.39, 0.29) is 41.5 Å². The van der Waals surface area contributed by atoms with Crippen LogP contribution in [0.25, 0.3) is 0 Å². The Labute approximate surface area is 200 Å². The van der Waals surface area contributed by atoms with Crippen LogP contribution in [0.2, 0.25) is 0 Å². The van der Waals surface area contributed by atoms with Crippen LogP contribution in [0.1, 0.15) is 21.5 Å². The Morgan fingerprint density at radius 3 is 2.44 bits per heavy atom. The number of benzene rings is 2. The third-order valence-corrected chi connectivity index (χ3v) is 6.99. The summed E-state index contributed by atoms with van der Waals surface area (Å²) < 4.78 is 0. The number of thioether (sulfide) groups is 1. The number of hydrogen-bond acceptors (Lipinski definition) is 6. The van der Waals surface area contributed by atoms with Gasteiger partial charge in [0.1, 0.15) is 17.1 Å². The van der Waals surface area contributed by atoms with Crippen molar-refractivity contribution in [2.24, 2.45) is 0 Å². The lowest BCUT2D eigenvalue weighted by molar-refractivity contribution is -0.150. The molecule has 1 unspecified atom stereocenters. The Bertz CT molecular complexity index is 1160. The van der Waals surface area contributed by atoms with Gasteiger partial charge >= 0.3 is 5.97 Å². The highest BCUT2D eigenvalue weighted by atomic mass is 32.2. The van der Waals surface area contributed by atoms with Gasteiger partial charge in [-0.25, -0.2) is 9.86 Å². The van der Waals surface area contributed by atoms with Gasteiger partial charge in [-0.2, -0.15) is 0 Å². The van der Waals surface area contributed by atoms with Crippen LogP contribution >= 0.6 is 11.8 Å². The number of nitrogens with one attached hydrogen (secondary N) is 1. The Balaban J connectivity index is 1.45. The quantitative estimate of drug-likeness (QED) is 0.313. The normalized spacial score (nSPS) is 19.2. The molecule has 0 saturated carbocycles. The lowest BCUT2D eigenvalue weighted by Gasteiger charge is -2.49. The first-order chi connectivity index (χ1) is 16.3. The van der Waals surface area contributed by atoms with Gasteiger partial charge in [0.15, 0.2) is 0 Å². The van der Waals surface area contributed by atoms with Gasteiger partial charge in [0.2, 0.25) is 5.91 Å². The van der Waals surface area contributed by atoms with Crippen LogP contribution in [0.5, 0.6) is 0 Å². The van der Waals surface area contributed by atoms with Crippen LogP contribution < -0.4 is 5.32 Å². The zero-order valence-corrected chi connectivity index (χ0v) is 19.1. The summed E-state index contributed by atoms with van der Waals surface area (Å²) in [5.41, 5.74) is 1.98. The van der Waals surface area contributed by atoms with E-state index in [4.69, 9.17) is 0 Å². The number of carboxylic acids is 1. The number of rotatable bonds is 7. The standard InChI is InChI=1S/C24H23N3O6S/c1-14-7-9-16(10-8-14)21(29)26(33)12-17-13-34-23-19(22(30)27(23)20(17)24(31)32)25-18(28)11-15-5-3-2-4-6-15/h2-10,19,23,33H,11-13H2,1H3,(H,25,28)(H,31,32)/t19-,23?/m1/s1. The average molecular weight is 482 g/mol. The van der Waals surface area contributed by atoms with Gasteiger partial charge in [-0.15, -0.1) is 11.8 Å². The van der Waals surface area contributed by atoms with Crippen LogP contribution in [-0.4, -0.2) is 67.7 Å². The van der Waals surface area contributed by atoms with E-state index < -0.39 is 29.2 Å². The van der Waals surface area contributed by atoms with Crippen molar-refractivity contribution in [1.82, 2.24) is 15.3 Å². The molecule has 0 bridgehead atoms. The molecule has 34 heavy (non-hydrogen) atoms. The van der Waals surface area contributed by atoms with Crippen molar-refractivity contribution in [1.29, 1.82) is 0 Å². The number of nitrogens with zero attached hydrogens (tertiary/aromatic N) is 2. The summed E-state index contributed by atoms with van der Waals surface area (Å²) in [6.07, 6.45) is 0.107. The van der Waals surface area contributed by atoms with E-state index in [2.05, 4.69) is 5.32 Å². The first kappa shape index (κ1) is 23.5. The van der Waals surface area contributed by atoms with Crippen molar-refractivity contribution >= 4 is 35.5 Å².